The van der Waals surface area contributed by atoms with E-state index in [-0.39, 0.29) is 10.8 Å². The Morgan fingerprint density at radius 3 is 1.42 bits per heavy atom. The number of rotatable bonds is 22. The van der Waals surface area contributed by atoms with Crippen molar-refractivity contribution in [3.05, 3.63) is 0 Å². The predicted octanol–water partition coefficient (Wildman–Crippen LogP) is 4.24. The molecule has 180 valence electrons. The minimum absolute atomic E-state index is 0.192. The molecule has 7 heteroatoms. The van der Waals surface area contributed by atoms with E-state index in [1.165, 1.54) is 38.5 Å². The van der Waals surface area contributed by atoms with Gasteiger partial charge in [0.25, 0.3) is 12.9 Å². The molecule has 0 rings (SSSR count). The molecule has 0 aliphatic heterocycles. The van der Waals surface area contributed by atoms with Crippen molar-refractivity contribution in [1.29, 1.82) is 0 Å². The highest BCUT2D eigenvalue weighted by atomic mass is 16.5. The van der Waals surface area contributed by atoms with Crippen LogP contribution in [0.4, 0.5) is 0 Å². The molecule has 0 amide bonds. The third-order valence-electron chi connectivity index (χ3n) is 4.71. The molecule has 0 aromatic rings. The van der Waals surface area contributed by atoms with Gasteiger partial charge in [-0.3, -0.25) is 19.6 Å². The number of aliphatic imine (C=N–C) groups is 2. The zero-order valence-electron chi connectivity index (χ0n) is 20.2. The van der Waals surface area contributed by atoms with E-state index >= 15 is 0 Å². The third-order valence-corrected chi connectivity index (χ3v) is 4.71. The van der Waals surface area contributed by atoms with Crippen LogP contribution in [-0.2, 0) is 19.1 Å². The largest absolute Gasteiger partial charge is 0.467 e. The molecule has 0 saturated carbocycles. The quantitative estimate of drug-likeness (QED) is 0.155. The van der Waals surface area contributed by atoms with Gasteiger partial charge in [-0.05, 0) is 38.8 Å². The average molecular weight is 440 g/mol. The summed E-state index contributed by atoms with van der Waals surface area (Å²) in [5, 5.41) is 3.52. The molecule has 0 bridgehead atoms. The van der Waals surface area contributed by atoms with Gasteiger partial charge >= 0.3 is 0 Å². The van der Waals surface area contributed by atoms with Crippen LogP contribution in [0.1, 0.15) is 79.1 Å². The maximum absolute atomic E-state index is 10.2. The normalized spacial score (nSPS) is 12.5. The highest BCUT2D eigenvalue weighted by Crippen LogP contribution is 2.12. The van der Waals surface area contributed by atoms with Crippen LogP contribution in [0.25, 0.3) is 0 Å². The van der Waals surface area contributed by atoms with Crippen molar-refractivity contribution >= 4 is 25.4 Å². The Morgan fingerprint density at radius 1 is 0.645 bits per heavy atom. The summed E-state index contributed by atoms with van der Waals surface area (Å²) in [5.74, 6) is 0. The van der Waals surface area contributed by atoms with E-state index < -0.39 is 0 Å². The van der Waals surface area contributed by atoms with Crippen LogP contribution in [0.3, 0.4) is 0 Å². The van der Waals surface area contributed by atoms with Crippen molar-refractivity contribution in [1.82, 2.24) is 5.32 Å². The minimum Gasteiger partial charge on any atom is -0.467 e. The first-order chi connectivity index (χ1) is 14.8. The Kier molecular flexibility index (Phi) is 17.9. The van der Waals surface area contributed by atoms with Crippen LogP contribution >= 0.6 is 0 Å². The molecule has 31 heavy (non-hydrogen) atoms. The molecule has 0 unspecified atom stereocenters. The molecule has 0 atom stereocenters. The second-order valence-corrected chi connectivity index (χ2v) is 9.44. The van der Waals surface area contributed by atoms with E-state index in [9.17, 15) is 9.59 Å². The lowest BCUT2D eigenvalue weighted by Crippen LogP contribution is -2.20. The summed E-state index contributed by atoms with van der Waals surface area (Å²) in [7, 11) is 0. The molecular weight excluding hydrogens is 394 g/mol. The van der Waals surface area contributed by atoms with Crippen molar-refractivity contribution < 1.29 is 19.1 Å². The average Bonchev–Trinajstić information content (AvgIpc) is 2.73. The second kappa shape index (κ2) is 19.0. The number of carbonyl (C=O) groups excluding carboxylic acids is 2. The SMILES string of the molecule is CC(C)(C=NCCCCCCNCCCCCCN=CC(C)(C)COC=O)COC=O. The topological polar surface area (TPSA) is 89.3 Å². The van der Waals surface area contributed by atoms with Crippen LogP contribution < -0.4 is 5.32 Å². The van der Waals surface area contributed by atoms with Gasteiger partial charge < -0.3 is 14.8 Å². The summed E-state index contributed by atoms with van der Waals surface area (Å²) in [6.45, 7) is 13.6. The van der Waals surface area contributed by atoms with Gasteiger partial charge in [-0.15, -0.1) is 0 Å². The number of nitrogens with zero attached hydrogens (tertiary/aromatic N) is 2. The third kappa shape index (κ3) is 21.3. The highest BCUT2D eigenvalue weighted by molar-refractivity contribution is 5.65. The maximum Gasteiger partial charge on any atom is 0.293 e. The molecule has 0 saturated heterocycles. The lowest BCUT2D eigenvalue weighted by Gasteiger charge is -2.16. The lowest BCUT2D eigenvalue weighted by molar-refractivity contribution is -0.131. The molecule has 0 fully saturated rings. The van der Waals surface area contributed by atoms with Crippen molar-refractivity contribution in [3.8, 4) is 0 Å². The van der Waals surface area contributed by atoms with Gasteiger partial charge in [-0.2, -0.15) is 0 Å². The van der Waals surface area contributed by atoms with Crippen molar-refractivity contribution in [2.45, 2.75) is 79.1 Å². The molecule has 0 heterocycles. The molecule has 0 aliphatic carbocycles. The Bertz CT molecular complexity index is 461. The van der Waals surface area contributed by atoms with Crippen LogP contribution in [0.5, 0.6) is 0 Å². The van der Waals surface area contributed by atoms with Crippen molar-refractivity contribution in [2.75, 3.05) is 39.4 Å². The standard InChI is InChI=1S/C24H45N3O4/c1-23(2,19-30-21-28)17-26-15-11-7-5-9-13-25-14-10-6-8-12-16-27-18-24(3,4)20-31-22-29/h17-18,21-22,25H,5-16,19-20H2,1-4H3. The Balaban J connectivity index is 3.40. The molecule has 0 spiro atoms. The van der Waals surface area contributed by atoms with Crippen LogP contribution in [-0.4, -0.2) is 64.8 Å². The molecular formula is C24H45N3O4. The second-order valence-electron chi connectivity index (χ2n) is 9.44. The van der Waals surface area contributed by atoms with Gasteiger partial charge in [0.2, 0.25) is 0 Å². The smallest absolute Gasteiger partial charge is 0.293 e. The van der Waals surface area contributed by atoms with E-state index in [4.69, 9.17) is 9.47 Å². The Morgan fingerprint density at radius 2 is 1.03 bits per heavy atom. The van der Waals surface area contributed by atoms with Crippen LogP contribution in [0, 0.1) is 10.8 Å². The fourth-order valence-electron chi connectivity index (χ4n) is 2.93. The first kappa shape index (κ1) is 29.2. The fourth-order valence-corrected chi connectivity index (χ4v) is 2.93. The number of carbonyl (C=O) groups is 2. The summed E-state index contributed by atoms with van der Waals surface area (Å²) < 4.78 is 9.61. The number of hydrogen-bond donors (Lipinski definition) is 1. The van der Waals surface area contributed by atoms with E-state index in [1.807, 2.05) is 40.1 Å². The first-order valence-electron chi connectivity index (χ1n) is 11.7. The van der Waals surface area contributed by atoms with E-state index in [1.54, 1.807) is 0 Å². The summed E-state index contributed by atoms with van der Waals surface area (Å²) in [6.07, 6.45) is 13.3. The summed E-state index contributed by atoms with van der Waals surface area (Å²) >= 11 is 0. The van der Waals surface area contributed by atoms with Gasteiger partial charge in [-0.25, -0.2) is 0 Å². The molecule has 1 N–H and O–H groups in total. The fraction of sp³-hybridized carbons (Fsp3) is 0.833. The monoisotopic (exact) mass is 439 g/mol. The van der Waals surface area contributed by atoms with E-state index in [2.05, 4.69) is 15.3 Å². The minimum atomic E-state index is -0.192. The van der Waals surface area contributed by atoms with E-state index in [0.717, 1.165) is 39.0 Å². The molecule has 0 radical (unpaired) electrons. The summed E-state index contributed by atoms with van der Waals surface area (Å²) in [5.41, 5.74) is -0.385. The molecule has 0 aliphatic rings. The summed E-state index contributed by atoms with van der Waals surface area (Å²) in [4.78, 5) is 29.4. The van der Waals surface area contributed by atoms with Crippen molar-refractivity contribution in [2.24, 2.45) is 20.8 Å². The highest BCUT2D eigenvalue weighted by Gasteiger charge is 2.15. The number of nitrogens with one attached hydrogen (secondary N) is 1. The van der Waals surface area contributed by atoms with Gasteiger partial charge in [-0.1, -0.05) is 53.4 Å². The van der Waals surface area contributed by atoms with Gasteiger partial charge in [0.1, 0.15) is 13.2 Å². The zero-order valence-corrected chi connectivity index (χ0v) is 20.2. The zero-order chi connectivity index (χ0) is 23.3. The predicted molar refractivity (Wildman–Crippen MR) is 128 cm³/mol. The Hall–Kier alpha value is -1.76. The van der Waals surface area contributed by atoms with Gasteiger partial charge in [0, 0.05) is 36.3 Å². The van der Waals surface area contributed by atoms with Crippen LogP contribution in [0.15, 0.2) is 9.98 Å². The summed E-state index contributed by atoms with van der Waals surface area (Å²) in [6, 6.07) is 0. The number of ether oxygens (including phenoxy) is 2. The van der Waals surface area contributed by atoms with Crippen LogP contribution in [0.2, 0.25) is 0 Å². The molecule has 0 aromatic carbocycles. The van der Waals surface area contributed by atoms with E-state index in [0.29, 0.717) is 26.2 Å². The number of hydrogen-bond acceptors (Lipinski definition) is 7. The lowest BCUT2D eigenvalue weighted by atomic mass is 9.97. The molecule has 7 nitrogen and oxygen atoms in total. The van der Waals surface area contributed by atoms with Gasteiger partial charge in [0.15, 0.2) is 0 Å². The van der Waals surface area contributed by atoms with Crippen molar-refractivity contribution in [3.63, 3.8) is 0 Å². The van der Waals surface area contributed by atoms with Gasteiger partial charge in [0.05, 0.1) is 0 Å². The Labute approximate surface area is 189 Å². The molecule has 0 aromatic heterocycles. The first-order valence-corrected chi connectivity index (χ1v) is 11.7. The maximum atomic E-state index is 10.2. The number of unbranched alkanes of at least 4 members (excludes halogenated alkanes) is 6.